The van der Waals surface area contributed by atoms with E-state index in [-0.39, 0.29) is 59.1 Å². The van der Waals surface area contributed by atoms with Crippen LogP contribution in [0.3, 0.4) is 0 Å². The van der Waals surface area contributed by atoms with E-state index in [1.165, 1.54) is 28.0 Å². The first-order valence-electron chi connectivity index (χ1n) is 13.3. The van der Waals surface area contributed by atoms with Crippen molar-refractivity contribution in [2.24, 2.45) is 0 Å². The normalized spacial score (nSPS) is 23.9. The minimum Gasteiger partial charge on any atom is -0.507 e. The van der Waals surface area contributed by atoms with E-state index in [0.29, 0.717) is 4.90 Å². The smallest absolute Gasteiger partial charge is 0.278 e. The molecule has 1 saturated heterocycles. The van der Waals surface area contributed by atoms with Crippen LogP contribution in [-0.4, -0.2) is 70.2 Å². The highest BCUT2D eigenvalue weighted by molar-refractivity contribution is 6.34. The number of carbonyl (C=O) groups is 2. The molecule has 1 aromatic carbocycles. The van der Waals surface area contributed by atoms with E-state index in [9.17, 15) is 28.3 Å². The van der Waals surface area contributed by atoms with E-state index < -0.39 is 59.9 Å². The Kier molecular flexibility index (Phi) is 4.71. The summed E-state index contributed by atoms with van der Waals surface area (Å²) in [5.74, 6) is -2.70. The number of carbonyl (C=O) groups excluding carboxylic acids is 2. The number of anilines is 2. The molecular formula is C26H22ClF2N5O4. The fourth-order valence-corrected chi connectivity index (χ4v) is 5.51. The number of alkyl halides is 1. The summed E-state index contributed by atoms with van der Waals surface area (Å²) in [6, 6.07) is 2.74. The number of hydrogen-bond donors (Lipinski definition) is 1. The second-order valence-corrected chi connectivity index (χ2v) is 9.79. The van der Waals surface area contributed by atoms with Crippen LogP contribution in [0.1, 0.15) is 16.6 Å². The Balaban J connectivity index is 1.69. The number of aromatic nitrogens is 2. The molecule has 1 N–H and O–H groups in total. The van der Waals surface area contributed by atoms with Crippen molar-refractivity contribution in [2.75, 3.05) is 36.4 Å². The van der Waals surface area contributed by atoms with Gasteiger partial charge < -0.3 is 19.8 Å². The minimum absolute atomic E-state index is 0.0300. The number of aromatic hydroxyl groups is 1. The van der Waals surface area contributed by atoms with Crippen molar-refractivity contribution in [3.63, 3.8) is 0 Å². The molecule has 3 atom stereocenters. The van der Waals surface area contributed by atoms with Crippen LogP contribution >= 0.6 is 11.6 Å². The van der Waals surface area contributed by atoms with Crippen LogP contribution in [-0.2, 0) is 9.59 Å². The lowest BCUT2D eigenvalue weighted by atomic mass is 10.0. The first-order chi connectivity index (χ1) is 19.3. The molecule has 0 bridgehead atoms. The van der Waals surface area contributed by atoms with E-state index in [1.54, 1.807) is 0 Å². The average molecular weight is 545 g/mol. The first-order valence-corrected chi connectivity index (χ1v) is 12.2. The fourth-order valence-electron chi connectivity index (χ4n) is 5.27. The maximum Gasteiger partial charge on any atom is 0.278 e. The van der Waals surface area contributed by atoms with Crippen molar-refractivity contribution < 1.29 is 27.6 Å². The molecule has 4 heterocycles. The van der Waals surface area contributed by atoms with Gasteiger partial charge in [-0.05, 0) is 24.3 Å². The van der Waals surface area contributed by atoms with Crippen molar-refractivity contribution in [1.82, 2.24) is 14.5 Å². The molecule has 0 unspecified atom stereocenters. The summed E-state index contributed by atoms with van der Waals surface area (Å²) in [6.45, 7) is 0.341. The Morgan fingerprint density at radius 1 is 1.32 bits per heavy atom. The largest absolute Gasteiger partial charge is 0.507 e. The van der Waals surface area contributed by atoms with E-state index in [0.717, 1.165) is 16.7 Å². The van der Waals surface area contributed by atoms with Gasteiger partial charge in [-0.25, -0.2) is 13.8 Å². The van der Waals surface area contributed by atoms with Gasteiger partial charge in [0.2, 0.25) is 5.91 Å². The summed E-state index contributed by atoms with van der Waals surface area (Å²) in [7, 11) is 0. The summed E-state index contributed by atoms with van der Waals surface area (Å²) >= 11 is 6.58. The predicted octanol–water partition coefficient (Wildman–Crippen LogP) is 3.02. The van der Waals surface area contributed by atoms with Gasteiger partial charge in [0, 0.05) is 36.0 Å². The van der Waals surface area contributed by atoms with Crippen LogP contribution in [0.2, 0.25) is 5.02 Å². The van der Waals surface area contributed by atoms with Crippen molar-refractivity contribution >= 4 is 45.8 Å². The van der Waals surface area contributed by atoms with E-state index in [4.69, 9.17) is 15.7 Å². The van der Waals surface area contributed by atoms with Crippen LogP contribution in [0.5, 0.6) is 5.75 Å². The molecule has 2 aromatic heterocycles. The standard InChI is InChI=1S/C26H22ClF2N5O4/c1-3-19(36)32-7-8-33-17(11-32)25(37)31(2)23-22(33)12-9-13(27)21(20-14(28)5-4-6-18(20)35)30-24(12)34(26(23)38)16-10-15(16)29/h3-6,9,15-17,35H,1,7-8,10-11H2,2H3/t15-,16+,17+/m0/s1/i2D3. The number of benzene rings is 1. The highest BCUT2D eigenvalue weighted by Gasteiger charge is 2.47. The molecule has 12 heteroatoms. The van der Waals surface area contributed by atoms with Crippen LogP contribution < -0.4 is 15.4 Å². The Labute approximate surface area is 224 Å². The maximum absolute atomic E-state index is 14.8. The number of piperazine rings is 1. The Morgan fingerprint density at radius 3 is 2.74 bits per heavy atom. The molecule has 3 aromatic rings. The number of rotatable bonds is 3. The molecule has 2 fully saturated rings. The predicted molar refractivity (Wildman–Crippen MR) is 138 cm³/mol. The van der Waals surface area contributed by atoms with Gasteiger partial charge in [0.15, 0.2) is 0 Å². The summed E-state index contributed by atoms with van der Waals surface area (Å²) in [4.78, 5) is 47.8. The number of nitrogens with zero attached hydrogens (tertiary/aromatic N) is 5. The lowest BCUT2D eigenvalue weighted by Gasteiger charge is -2.47. The number of fused-ring (bicyclic) bond motifs is 5. The molecule has 1 aliphatic carbocycles. The lowest BCUT2D eigenvalue weighted by molar-refractivity contribution is -0.128. The Bertz CT molecular complexity index is 1710. The number of halogens is 3. The Morgan fingerprint density at radius 2 is 2.08 bits per heavy atom. The number of phenols is 1. The van der Waals surface area contributed by atoms with Crippen molar-refractivity contribution in [1.29, 1.82) is 0 Å². The van der Waals surface area contributed by atoms with Crippen LogP contribution in [0.4, 0.5) is 20.2 Å². The molecule has 38 heavy (non-hydrogen) atoms. The van der Waals surface area contributed by atoms with Crippen LogP contribution in [0, 0.1) is 5.82 Å². The number of likely N-dealkylation sites (N-methyl/N-ethyl adjacent to an activating group) is 1. The second kappa shape index (κ2) is 8.52. The third-order valence-corrected chi connectivity index (χ3v) is 7.50. The van der Waals surface area contributed by atoms with E-state index in [2.05, 4.69) is 11.6 Å². The quantitative estimate of drug-likeness (QED) is 0.509. The van der Waals surface area contributed by atoms with Crippen molar-refractivity contribution in [2.45, 2.75) is 24.7 Å². The second-order valence-electron chi connectivity index (χ2n) is 9.39. The average Bonchev–Trinajstić information content (AvgIpc) is 3.63. The van der Waals surface area contributed by atoms with Gasteiger partial charge in [-0.1, -0.05) is 24.2 Å². The zero-order valence-electron chi connectivity index (χ0n) is 22.7. The summed E-state index contributed by atoms with van der Waals surface area (Å²) in [5.41, 5.74) is -2.09. The molecule has 2 aliphatic heterocycles. The molecule has 6 rings (SSSR count). The summed E-state index contributed by atoms with van der Waals surface area (Å²) in [5, 5.41) is 10.4. The first kappa shape index (κ1) is 21.0. The molecular weight excluding hydrogens is 520 g/mol. The molecule has 9 nitrogen and oxygen atoms in total. The maximum atomic E-state index is 14.8. The minimum atomic E-state index is -3.11. The van der Waals surface area contributed by atoms with E-state index in [1.807, 2.05) is 0 Å². The lowest BCUT2D eigenvalue weighted by Crippen LogP contribution is -2.63. The molecule has 3 aliphatic rings. The highest BCUT2D eigenvalue weighted by Crippen LogP contribution is 2.47. The van der Waals surface area contributed by atoms with Gasteiger partial charge in [0.05, 0.1) is 34.6 Å². The van der Waals surface area contributed by atoms with Gasteiger partial charge in [-0.15, -0.1) is 0 Å². The third kappa shape index (κ3) is 3.41. The van der Waals surface area contributed by atoms with Gasteiger partial charge >= 0.3 is 0 Å². The zero-order chi connectivity index (χ0) is 29.5. The van der Waals surface area contributed by atoms with Crippen LogP contribution in [0.25, 0.3) is 22.3 Å². The third-order valence-electron chi connectivity index (χ3n) is 7.21. The van der Waals surface area contributed by atoms with Crippen LogP contribution in [0.15, 0.2) is 41.7 Å². The highest BCUT2D eigenvalue weighted by atomic mass is 35.5. The number of pyridine rings is 2. The van der Waals surface area contributed by atoms with Gasteiger partial charge in [-0.3, -0.25) is 19.0 Å². The molecule has 0 spiro atoms. The SMILES string of the molecule is [2H]C([2H])([2H])N1C(=O)[C@H]2CN(C(=O)C=C)CCN2c2c1c(=O)n([C@@H]1C[C@@H]1F)c1nc(-c3c(O)cccc3F)c(Cl)cc21. The molecule has 2 amide bonds. The van der Waals surface area contributed by atoms with Crippen molar-refractivity contribution in [3.05, 3.63) is 58.1 Å². The Hall–Kier alpha value is -3.99. The number of amides is 2. The summed E-state index contributed by atoms with van der Waals surface area (Å²) in [6.07, 6.45) is -0.428. The molecule has 196 valence electrons. The number of phenolic OH excluding ortho intramolecular Hbond substituents is 1. The van der Waals surface area contributed by atoms with E-state index >= 15 is 0 Å². The van der Waals surface area contributed by atoms with Crippen molar-refractivity contribution in [3.8, 4) is 17.0 Å². The van der Waals surface area contributed by atoms with Gasteiger partial charge in [0.1, 0.15) is 35.1 Å². The zero-order valence-corrected chi connectivity index (χ0v) is 20.5. The molecule has 0 radical (unpaired) electrons. The van der Waals surface area contributed by atoms with Gasteiger partial charge in [-0.2, -0.15) is 0 Å². The number of hydrogen-bond acceptors (Lipinski definition) is 6. The van der Waals surface area contributed by atoms with Gasteiger partial charge in [0.25, 0.3) is 11.5 Å². The monoisotopic (exact) mass is 544 g/mol. The fraction of sp³-hybridized carbons (Fsp3) is 0.308. The summed E-state index contributed by atoms with van der Waals surface area (Å²) < 4.78 is 54.7. The molecule has 1 saturated carbocycles. The topological polar surface area (TPSA) is 99.0 Å².